The highest BCUT2D eigenvalue weighted by atomic mass is 32.2. The van der Waals surface area contributed by atoms with E-state index in [0.29, 0.717) is 17.8 Å². The van der Waals surface area contributed by atoms with E-state index in [0.717, 1.165) is 10.5 Å². The van der Waals surface area contributed by atoms with Gasteiger partial charge in [-0.25, -0.2) is 9.67 Å². The highest BCUT2D eigenvalue weighted by Gasteiger charge is 2.13. The van der Waals surface area contributed by atoms with Gasteiger partial charge in [-0.3, -0.25) is 9.59 Å². The van der Waals surface area contributed by atoms with Crippen LogP contribution in [-0.4, -0.2) is 38.4 Å². The minimum Gasteiger partial charge on any atom is -0.353 e. The van der Waals surface area contributed by atoms with Crippen LogP contribution in [0.1, 0.15) is 29.8 Å². The zero-order chi connectivity index (χ0) is 20.6. The van der Waals surface area contributed by atoms with E-state index >= 15 is 0 Å². The molecule has 0 saturated heterocycles. The maximum atomic E-state index is 12.8. The maximum Gasteiger partial charge on any atom is 0.256 e. The number of rotatable bonds is 8. The molecule has 8 heteroatoms. The Bertz CT molecular complexity index is 955. The molecule has 3 rings (SSSR count). The summed E-state index contributed by atoms with van der Waals surface area (Å²) >= 11 is 1.35. The number of thioether (sulfide) groups is 1. The predicted octanol–water partition coefficient (Wildman–Crippen LogP) is 3.20. The zero-order valence-electron chi connectivity index (χ0n) is 16.3. The fourth-order valence-corrected chi connectivity index (χ4v) is 3.54. The van der Waals surface area contributed by atoms with Crippen molar-refractivity contribution in [3.8, 4) is 0 Å². The first-order chi connectivity index (χ1) is 14.0. The average Bonchev–Trinajstić information content (AvgIpc) is 3.20. The van der Waals surface area contributed by atoms with E-state index in [2.05, 4.69) is 20.7 Å². The molecule has 29 heavy (non-hydrogen) atoms. The number of hydrogen-bond donors (Lipinski definition) is 2. The van der Waals surface area contributed by atoms with Gasteiger partial charge in [0.2, 0.25) is 5.91 Å². The first-order valence-electron chi connectivity index (χ1n) is 9.25. The summed E-state index contributed by atoms with van der Waals surface area (Å²) in [4.78, 5) is 29.3. The van der Waals surface area contributed by atoms with Crippen molar-refractivity contribution in [3.05, 3.63) is 72.3 Å². The summed E-state index contributed by atoms with van der Waals surface area (Å²) in [5.74, 6) is 0.00370. The normalized spacial score (nSPS) is 10.7. The third-order valence-corrected chi connectivity index (χ3v) is 5.04. The van der Waals surface area contributed by atoms with Crippen LogP contribution >= 0.6 is 11.8 Å². The Balaban J connectivity index is 1.62. The second-order valence-corrected chi connectivity index (χ2v) is 7.77. The number of nitrogens with zero attached hydrogens (tertiary/aromatic N) is 3. The Kier molecular flexibility index (Phi) is 7.02. The van der Waals surface area contributed by atoms with Gasteiger partial charge in [-0.15, -0.1) is 11.8 Å². The van der Waals surface area contributed by atoms with Crippen LogP contribution in [0.4, 0.5) is 5.69 Å². The largest absolute Gasteiger partial charge is 0.353 e. The van der Waals surface area contributed by atoms with Crippen LogP contribution in [0.2, 0.25) is 0 Å². The van der Waals surface area contributed by atoms with Crippen LogP contribution in [0.25, 0.3) is 0 Å². The molecule has 0 unspecified atom stereocenters. The molecule has 2 amide bonds. The molecule has 0 spiro atoms. The molecule has 1 aromatic heterocycles. The van der Waals surface area contributed by atoms with Crippen molar-refractivity contribution >= 4 is 29.3 Å². The molecule has 0 aliphatic rings. The standard InChI is InChI=1S/C21H23N5O2S/c1-15(2)24-20(27)12-29-19-6-4-3-5-18(19)21(28)25-17-9-7-16(8-10-17)11-26-14-22-13-23-26/h3-10,13-15H,11-12H2,1-2H3,(H,24,27)(H,25,28). The van der Waals surface area contributed by atoms with E-state index < -0.39 is 0 Å². The van der Waals surface area contributed by atoms with E-state index in [-0.39, 0.29) is 23.6 Å². The second-order valence-electron chi connectivity index (χ2n) is 6.75. The fourth-order valence-electron chi connectivity index (χ4n) is 2.68. The van der Waals surface area contributed by atoms with E-state index in [1.807, 2.05) is 56.3 Å². The summed E-state index contributed by atoms with van der Waals surface area (Å²) in [5.41, 5.74) is 2.30. The molecular formula is C21H23N5O2S. The molecule has 2 aromatic carbocycles. The first-order valence-corrected chi connectivity index (χ1v) is 10.2. The second kappa shape index (κ2) is 9.88. The van der Waals surface area contributed by atoms with Crippen molar-refractivity contribution < 1.29 is 9.59 Å². The van der Waals surface area contributed by atoms with Crippen LogP contribution < -0.4 is 10.6 Å². The smallest absolute Gasteiger partial charge is 0.256 e. The van der Waals surface area contributed by atoms with Gasteiger partial charge in [-0.05, 0) is 43.7 Å². The summed E-state index contributed by atoms with van der Waals surface area (Å²) in [6.07, 6.45) is 3.15. The average molecular weight is 410 g/mol. The van der Waals surface area contributed by atoms with Crippen molar-refractivity contribution in [2.75, 3.05) is 11.1 Å². The van der Waals surface area contributed by atoms with Gasteiger partial charge in [0.15, 0.2) is 0 Å². The van der Waals surface area contributed by atoms with Crippen LogP contribution in [0.5, 0.6) is 0 Å². The van der Waals surface area contributed by atoms with Crippen LogP contribution in [0.3, 0.4) is 0 Å². The van der Waals surface area contributed by atoms with E-state index in [4.69, 9.17) is 0 Å². The Morgan fingerprint density at radius 2 is 1.86 bits per heavy atom. The van der Waals surface area contributed by atoms with Crippen molar-refractivity contribution in [3.63, 3.8) is 0 Å². The molecule has 7 nitrogen and oxygen atoms in total. The third kappa shape index (κ3) is 6.18. The fraction of sp³-hybridized carbons (Fsp3) is 0.238. The summed E-state index contributed by atoms with van der Waals surface area (Å²) in [5, 5.41) is 9.85. The van der Waals surface area contributed by atoms with Gasteiger partial charge in [0.1, 0.15) is 12.7 Å². The van der Waals surface area contributed by atoms with E-state index in [9.17, 15) is 9.59 Å². The minimum absolute atomic E-state index is 0.0526. The summed E-state index contributed by atoms with van der Waals surface area (Å²) in [6.45, 7) is 4.45. The van der Waals surface area contributed by atoms with Gasteiger partial charge in [0.05, 0.1) is 17.9 Å². The summed E-state index contributed by atoms with van der Waals surface area (Å²) in [6, 6.07) is 15.0. The maximum absolute atomic E-state index is 12.8. The van der Waals surface area contributed by atoms with Gasteiger partial charge >= 0.3 is 0 Å². The van der Waals surface area contributed by atoms with Crippen molar-refractivity contribution in [1.29, 1.82) is 0 Å². The molecule has 1 heterocycles. The molecule has 0 aliphatic carbocycles. The summed E-state index contributed by atoms with van der Waals surface area (Å²) < 4.78 is 1.73. The number of carbonyl (C=O) groups excluding carboxylic acids is 2. The number of hydrogen-bond acceptors (Lipinski definition) is 5. The number of nitrogens with one attached hydrogen (secondary N) is 2. The van der Waals surface area contributed by atoms with Gasteiger partial charge in [0.25, 0.3) is 5.91 Å². The van der Waals surface area contributed by atoms with Crippen LogP contribution in [-0.2, 0) is 11.3 Å². The van der Waals surface area contributed by atoms with Crippen molar-refractivity contribution in [2.45, 2.75) is 31.3 Å². The van der Waals surface area contributed by atoms with Gasteiger partial charge < -0.3 is 10.6 Å². The van der Waals surface area contributed by atoms with Crippen molar-refractivity contribution in [2.24, 2.45) is 0 Å². The van der Waals surface area contributed by atoms with Gasteiger partial charge in [0, 0.05) is 16.6 Å². The topological polar surface area (TPSA) is 88.9 Å². The molecule has 0 fully saturated rings. The quantitative estimate of drug-likeness (QED) is 0.558. The molecule has 3 aromatic rings. The minimum atomic E-state index is -0.207. The number of carbonyl (C=O) groups is 2. The lowest BCUT2D eigenvalue weighted by molar-refractivity contribution is -0.119. The summed E-state index contributed by atoms with van der Waals surface area (Å²) in [7, 11) is 0. The lowest BCUT2D eigenvalue weighted by Crippen LogP contribution is -2.31. The van der Waals surface area contributed by atoms with Crippen LogP contribution in [0, 0.1) is 0 Å². The van der Waals surface area contributed by atoms with Gasteiger partial charge in [-0.2, -0.15) is 5.10 Å². The molecule has 0 atom stereocenters. The molecule has 0 saturated carbocycles. The number of benzene rings is 2. The Morgan fingerprint density at radius 1 is 1.10 bits per heavy atom. The van der Waals surface area contributed by atoms with E-state index in [1.165, 1.54) is 18.1 Å². The molecule has 0 aliphatic heterocycles. The molecule has 2 N–H and O–H groups in total. The Labute approximate surface area is 173 Å². The Hall–Kier alpha value is -3.13. The lowest BCUT2D eigenvalue weighted by atomic mass is 10.2. The lowest BCUT2D eigenvalue weighted by Gasteiger charge is -2.11. The SMILES string of the molecule is CC(C)NC(=O)CSc1ccccc1C(=O)Nc1ccc(Cn2cncn2)cc1. The van der Waals surface area contributed by atoms with Crippen LogP contribution in [0.15, 0.2) is 66.1 Å². The highest BCUT2D eigenvalue weighted by Crippen LogP contribution is 2.23. The highest BCUT2D eigenvalue weighted by molar-refractivity contribution is 8.00. The molecule has 0 radical (unpaired) electrons. The molecule has 150 valence electrons. The van der Waals surface area contributed by atoms with Crippen molar-refractivity contribution in [1.82, 2.24) is 20.1 Å². The third-order valence-electron chi connectivity index (χ3n) is 3.96. The number of amides is 2. The predicted molar refractivity (Wildman–Crippen MR) is 114 cm³/mol. The van der Waals surface area contributed by atoms with Gasteiger partial charge in [-0.1, -0.05) is 24.3 Å². The number of anilines is 1. The molecule has 0 bridgehead atoms. The molecular weight excluding hydrogens is 386 g/mol. The first kappa shape index (κ1) is 20.6. The number of aromatic nitrogens is 3. The zero-order valence-corrected chi connectivity index (χ0v) is 17.1. The van der Waals surface area contributed by atoms with E-state index in [1.54, 1.807) is 17.1 Å². The Morgan fingerprint density at radius 3 is 2.55 bits per heavy atom. The monoisotopic (exact) mass is 409 g/mol.